The Hall–Kier alpha value is -2.40. The highest BCUT2D eigenvalue weighted by Gasteiger charge is 2.37. The number of hydrogen-bond acceptors (Lipinski definition) is 3. The third-order valence-electron chi connectivity index (χ3n) is 4.47. The highest BCUT2D eigenvalue weighted by atomic mass is 32.2. The average molecular weight is 477 g/mol. The number of thioether (sulfide) groups is 1. The lowest BCUT2D eigenvalue weighted by Gasteiger charge is -2.21. The Labute approximate surface area is 184 Å². The molecule has 0 saturated carbocycles. The van der Waals surface area contributed by atoms with Gasteiger partial charge in [-0.2, -0.15) is 26.3 Å². The van der Waals surface area contributed by atoms with Crippen LogP contribution < -0.4 is 15.5 Å². The van der Waals surface area contributed by atoms with Crippen LogP contribution in [0.1, 0.15) is 29.7 Å². The van der Waals surface area contributed by atoms with Crippen LogP contribution in [-0.4, -0.2) is 11.0 Å². The third kappa shape index (κ3) is 6.07. The van der Waals surface area contributed by atoms with Gasteiger partial charge < -0.3 is 15.5 Å². The number of alkyl halides is 6. The Morgan fingerprint density at radius 2 is 1.58 bits per heavy atom. The van der Waals surface area contributed by atoms with Crippen molar-refractivity contribution in [3.05, 3.63) is 70.8 Å². The zero-order valence-corrected chi connectivity index (χ0v) is 17.6. The fourth-order valence-corrected chi connectivity index (χ4v) is 3.87. The zero-order valence-electron chi connectivity index (χ0n) is 16.0. The van der Waals surface area contributed by atoms with Crippen molar-refractivity contribution in [2.45, 2.75) is 25.3 Å². The molecule has 3 nitrogen and oxygen atoms in total. The molecule has 0 fully saturated rings. The maximum atomic E-state index is 13.1. The van der Waals surface area contributed by atoms with Gasteiger partial charge in [0.25, 0.3) is 0 Å². The summed E-state index contributed by atoms with van der Waals surface area (Å²) in [6.45, 7) is 1.43. The summed E-state index contributed by atoms with van der Waals surface area (Å²) in [5, 5.41) is 7.67. The fraction of sp³-hybridized carbons (Fsp3) is 0.250. The summed E-state index contributed by atoms with van der Waals surface area (Å²) < 4.78 is 78.4. The molecule has 2 aromatic rings. The van der Waals surface area contributed by atoms with Crippen LogP contribution in [0.4, 0.5) is 37.7 Å². The van der Waals surface area contributed by atoms with E-state index < -0.39 is 29.5 Å². The molecular formula is C20H17F6N3S2. The van der Waals surface area contributed by atoms with E-state index in [4.69, 9.17) is 12.2 Å². The van der Waals surface area contributed by atoms with Crippen molar-refractivity contribution in [2.24, 2.45) is 0 Å². The zero-order chi connectivity index (χ0) is 22.8. The molecule has 0 spiro atoms. The molecule has 0 amide bonds. The monoisotopic (exact) mass is 477 g/mol. The van der Waals surface area contributed by atoms with E-state index in [0.717, 1.165) is 11.6 Å². The van der Waals surface area contributed by atoms with Crippen LogP contribution in [0.15, 0.2) is 54.1 Å². The summed E-state index contributed by atoms with van der Waals surface area (Å²) in [6, 6.07) is 7.86. The van der Waals surface area contributed by atoms with Gasteiger partial charge in [0.05, 0.1) is 23.0 Å². The Bertz CT molecular complexity index is 938. The summed E-state index contributed by atoms with van der Waals surface area (Å²) in [5.41, 5.74) is -1.31. The van der Waals surface area contributed by atoms with Gasteiger partial charge in [-0.3, -0.25) is 0 Å². The number of thiocarbonyl (C=S) groups is 1. The second-order valence-electron chi connectivity index (χ2n) is 6.76. The topological polar surface area (TPSA) is 27.3 Å². The van der Waals surface area contributed by atoms with E-state index in [1.807, 2.05) is 28.6 Å². The molecular weight excluding hydrogens is 460 g/mol. The van der Waals surface area contributed by atoms with Crippen LogP contribution in [-0.2, 0) is 12.4 Å². The second kappa shape index (κ2) is 8.99. The standard InChI is InChI=1S/C20H17F6N3S2/c1-12(13-8-14(19(21,22)23)10-15(9-13)20(24,25)26)27-18(30)28-16-2-4-17(5-3-16)29-6-7-31-11-29/h2-10,12H,11H2,1H3,(H2,27,28,30)/t12-/m1/s1. The highest BCUT2D eigenvalue weighted by Crippen LogP contribution is 2.37. The van der Waals surface area contributed by atoms with Gasteiger partial charge in [-0.25, -0.2) is 0 Å². The number of hydrogen-bond donors (Lipinski definition) is 2. The van der Waals surface area contributed by atoms with Crippen molar-refractivity contribution in [3.63, 3.8) is 0 Å². The van der Waals surface area contributed by atoms with Gasteiger partial charge in [0.2, 0.25) is 0 Å². The molecule has 2 aromatic carbocycles. The maximum absolute atomic E-state index is 13.1. The van der Waals surface area contributed by atoms with Crippen LogP contribution in [0.25, 0.3) is 0 Å². The van der Waals surface area contributed by atoms with Crippen LogP contribution >= 0.6 is 24.0 Å². The van der Waals surface area contributed by atoms with Crippen molar-refractivity contribution >= 4 is 40.5 Å². The first-order chi connectivity index (χ1) is 14.4. The van der Waals surface area contributed by atoms with E-state index in [1.165, 1.54) is 6.92 Å². The van der Waals surface area contributed by atoms with E-state index >= 15 is 0 Å². The first-order valence-corrected chi connectivity index (χ1v) is 10.4. The molecule has 0 aliphatic carbocycles. The van der Waals surface area contributed by atoms with Crippen LogP contribution in [0.5, 0.6) is 0 Å². The molecule has 0 bridgehead atoms. The van der Waals surface area contributed by atoms with Gasteiger partial charge in [0.1, 0.15) is 0 Å². The summed E-state index contributed by atoms with van der Waals surface area (Å²) in [7, 11) is 0. The van der Waals surface area contributed by atoms with Gasteiger partial charge in [-0.1, -0.05) is 0 Å². The molecule has 0 unspecified atom stereocenters. The van der Waals surface area contributed by atoms with Crippen molar-refractivity contribution in [1.29, 1.82) is 0 Å². The van der Waals surface area contributed by atoms with Crippen molar-refractivity contribution in [3.8, 4) is 0 Å². The number of halogens is 6. The summed E-state index contributed by atoms with van der Waals surface area (Å²) >= 11 is 6.83. The van der Waals surface area contributed by atoms with E-state index in [0.29, 0.717) is 17.8 Å². The fourth-order valence-electron chi connectivity index (χ4n) is 2.86. The lowest BCUT2D eigenvalue weighted by Crippen LogP contribution is -2.31. The normalized spacial score (nSPS) is 15.1. The molecule has 31 heavy (non-hydrogen) atoms. The predicted octanol–water partition coefficient (Wildman–Crippen LogP) is 6.75. The van der Waals surface area contributed by atoms with Crippen LogP contribution in [0.3, 0.4) is 0 Å². The molecule has 1 atom stereocenters. The molecule has 1 aliphatic rings. The molecule has 0 saturated heterocycles. The number of anilines is 2. The SMILES string of the molecule is C[C@@H](NC(=S)Nc1ccc(N2C=CSC2)cc1)c1cc(C(F)(F)F)cc(C(F)(F)F)c1. The van der Waals surface area contributed by atoms with E-state index in [1.54, 1.807) is 23.9 Å². The van der Waals surface area contributed by atoms with Crippen molar-refractivity contribution in [2.75, 3.05) is 16.1 Å². The van der Waals surface area contributed by atoms with Gasteiger partial charge >= 0.3 is 12.4 Å². The van der Waals surface area contributed by atoms with E-state index in [2.05, 4.69) is 10.6 Å². The number of rotatable bonds is 4. The Morgan fingerprint density at radius 3 is 2.06 bits per heavy atom. The van der Waals surface area contributed by atoms with Crippen LogP contribution in [0.2, 0.25) is 0 Å². The quantitative estimate of drug-likeness (QED) is 0.375. The molecule has 0 radical (unpaired) electrons. The molecule has 2 N–H and O–H groups in total. The summed E-state index contributed by atoms with van der Waals surface area (Å²) in [4.78, 5) is 2.04. The molecule has 1 heterocycles. The minimum Gasteiger partial charge on any atom is -0.356 e. The Morgan fingerprint density at radius 1 is 1.00 bits per heavy atom. The summed E-state index contributed by atoms with van der Waals surface area (Å²) in [5.74, 6) is 0.807. The van der Waals surface area contributed by atoms with Gasteiger partial charge in [0, 0.05) is 17.6 Å². The maximum Gasteiger partial charge on any atom is 0.416 e. The number of nitrogens with one attached hydrogen (secondary N) is 2. The van der Waals surface area contributed by atoms with E-state index in [9.17, 15) is 26.3 Å². The van der Waals surface area contributed by atoms with Crippen molar-refractivity contribution in [1.82, 2.24) is 5.32 Å². The second-order valence-corrected chi connectivity index (χ2v) is 8.03. The highest BCUT2D eigenvalue weighted by molar-refractivity contribution is 8.02. The lowest BCUT2D eigenvalue weighted by molar-refractivity contribution is -0.143. The smallest absolute Gasteiger partial charge is 0.356 e. The molecule has 3 rings (SSSR count). The van der Waals surface area contributed by atoms with Crippen LogP contribution in [0, 0.1) is 0 Å². The molecule has 166 valence electrons. The lowest BCUT2D eigenvalue weighted by atomic mass is 10.0. The van der Waals surface area contributed by atoms with Gasteiger partial charge in [0.15, 0.2) is 5.11 Å². The largest absolute Gasteiger partial charge is 0.416 e. The summed E-state index contributed by atoms with van der Waals surface area (Å²) in [6.07, 6.45) is -7.86. The first kappa shape index (κ1) is 23.3. The molecule has 0 aromatic heterocycles. The average Bonchev–Trinajstić information content (AvgIpc) is 3.21. The first-order valence-electron chi connectivity index (χ1n) is 8.95. The number of nitrogens with zero attached hydrogens (tertiary/aromatic N) is 1. The molecule has 1 aliphatic heterocycles. The third-order valence-corrected chi connectivity index (χ3v) is 5.43. The van der Waals surface area contributed by atoms with Gasteiger partial charge in [-0.15, -0.1) is 11.8 Å². The minimum atomic E-state index is -4.90. The Kier molecular flexibility index (Phi) is 6.75. The molecule has 11 heteroatoms. The number of benzene rings is 2. The Balaban J connectivity index is 1.71. The minimum absolute atomic E-state index is 0.0721. The van der Waals surface area contributed by atoms with Crippen molar-refractivity contribution < 1.29 is 26.3 Å². The predicted molar refractivity (Wildman–Crippen MR) is 115 cm³/mol. The van der Waals surface area contributed by atoms with Gasteiger partial charge in [-0.05, 0) is 72.6 Å². The van der Waals surface area contributed by atoms with E-state index in [-0.39, 0.29) is 16.7 Å².